The molecule has 1 saturated heterocycles. The van der Waals surface area contributed by atoms with Crippen LogP contribution in [0.5, 0.6) is 0 Å². The molecule has 1 fully saturated rings. The van der Waals surface area contributed by atoms with E-state index < -0.39 is 0 Å². The van der Waals surface area contributed by atoms with E-state index in [9.17, 15) is 0 Å². The van der Waals surface area contributed by atoms with Crippen molar-refractivity contribution in [3.05, 3.63) is 24.2 Å². The summed E-state index contributed by atoms with van der Waals surface area (Å²) in [4.78, 5) is 0. The van der Waals surface area contributed by atoms with Crippen molar-refractivity contribution in [1.82, 2.24) is 0 Å². The van der Waals surface area contributed by atoms with Gasteiger partial charge in [0.25, 0.3) is 0 Å². The predicted molar refractivity (Wildman–Crippen MR) is 46.1 cm³/mol. The molecular formula is C10H14O2. The molecule has 2 nitrogen and oxygen atoms in total. The van der Waals surface area contributed by atoms with Crippen molar-refractivity contribution < 1.29 is 9.15 Å². The van der Waals surface area contributed by atoms with Crippen LogP contribution in [0.1, 0.15) is 31.7 Å². The van der Waals surface area contributed by atoms with Gasteiger partial charge in [-0.3, -0.25) is 0 Å². The van der Waals surface area contributed by atoms with Crippen LogP contribution < -0.4 is 0 Å². The second kappa shape index (κ2) is 2.63. The Hall–Kier alpha value is -0.760. The normalized spacial score (nSPS) is 27.7. The van der Waals surface area contributed by atoms with Crippen LogP contribution in [0, 0.1) is 0 Å². The van der Waals surface area contributed by atoms with Gasteiger partial charge < -0.3 is 9.15 Å². The molecule has 1 atom stereocenters. The molecule has 0 N–H and O–H groups in total. The SMILES string of the molecule is CC1(C)OCCC1c1ccoc1. The van der Waals surface area contributed by atoms with E-state index in [0.717, 1.165) is 13.0 Å². The van der Waals surface area contributed by atoms with Gasteiger partial charge >= 0.3 is 0 Å². The van der Waals surface area contributed by atoms with Gasteiger partial charge in [-0.25, -0.2) is 0 Å². The molecule has 0 aromatic carbocycles. The van der Waals surface area contributed by atoms with Gasteiger partial charge in [-0.2, -0.15) is 0 Å². The summed E-state index contributed by atoms with van der Waals surface area (Å²) in [6.45, 7) is 5.14. The van der Waals surface area contributed by atoms with E-state index >= 15 is 0 Å². The van der Waals surface area contributed by atoms with Crippen molar-refractivity contribution in [2.75, 3.05) is 6.61 Å². The highest BCUT2D eigenvalue weighted by Gasteiger charge is 2.37. The van der Waals surface area contributed by atoms with Crippen LogP contribution in [0.4, 0.5) is 0 Å². The third-order valence-electron chi connectivity index (χ3n) is 2.67. The van der Waals surface area contributed by atoms with Crippen LogP contribution in [0.2, 0.25) is 0 Å². The van der Waals surface area contributed by atoms with Crippen LogP contribution in [-0.4, -0.2) is 12.2 Å². The Morgan fingerprint density at radius 1 is 1.50 bits per heavy atom. The molecule has 1 unspecified atom stereocenters. The first kappa shape index (κ1) is 7.87. The van der Waals surface area contributed by atoms with Gasteiger partial charge in [-0.05, 0) is 31.9 Å². The number of hydrogen-bond donors (Lipinski definition) is 0. The molecule has 0 amide bonds. The first-order chi connectivity index (χ1) is 5.70. The number of furan rings is 1. The third kappa shape index (κ3) is 1.16. The first-order valence-corrected chi connectivity index (χ1v) is 4.36. The molecule has 0 saturated carbocycles. The molecule has 1 aliphatic rings. The van der Waals surface area contributed by atoms with Crippen LogP contribution in [0.25, 0.3) is 0 Å². The minimum absolute atomic E-state index is 0.0239. The number of ether oxygens (including phenoxy) is 1. The summed E-state index contributed by atoms with van der Waals surface area (Å²) < 4.78 is 10.7. The lowest BCUT2D eigenvalue weighted by atomic mass is 9.86. The second-order valence-corrected chi connectivity index (χ2v) is 3.85. The lowest BCUT2D eigenvalue weighted by Crippen LogP contribution is -2.25. The van der Waals surface area contributed by atoms with E-state index in [1.165, 1.54) is 5.56 Å². The molecule has 0 bridgehead atoms. The molecule has 0 radical (unpaired) electrons. The van der Waals surface area contributed by atoms with Gasteiger partial charge in [0.2, 0.25) is 0 Å². The molecule has 0 spiro atoms. The maximum absolute atomic E-state index is 5.64. The van der Waals surface area contributed by atoms with Crippen LogP contribution in [-0.2, 0) is 4.74 Å². The minimum atomic E-state index is -0.0239. The average molecular weight is 166 g/mol. The zero-order valence-electron chi connectivity index (χ0n) is 7.54. The molecule has 1 aromatic heterocycles. The summed E-state index contributed by atoms with van der Waals surface area (Å²) in [5, 5.41) is 0. The fraction of sp³-hybridized carbons (Fsp3) is 0.600. The second-order valence-electron chi connectivity index (χ2n) is 3.85. The number of hydrogen-bond acceptors (Lipinski definition) is 2. The monoisotopic (exact) mass is 166 g/mol. The summed E-state index contributed by atoms with van der Waals surface area (Å²) in [5.74, 6) is 0.497. The Morgan fingerprint density at radius 3 is 2.83 bits per heavy atom. The van der Waals surface area contributed by atoms with E-state index in [1.807, 2.05) is 12.3 Å². The largest absolute Gasteiger partial charge is 0.472 e. The maximum Gasteiger partial charge on any atom is 0.0938 e. The average Bonchev–Trinajstić information content (AvgIpc) is 2.55. The zero-order chi connectivity index (χ0) is 8.60. The van der Waals surface area contributed by atoms with Crippen LogP contribution in [0.3, 0.4) is 0 Å². The highest BCUT2D eigenvalue weighted by Crippen LogP contribution is 2.39. The lowest BCUT2D eigenvalue weighted by Gasteiger charge is -2.24. The molecule has 1 aliphatic heterocycles. The third-order valence-corrected chi connectivity index (χ3v) is 2.67. The fourth-order valence-corrected chi connectivity index (χ4v) is 1.93. The Labute approximate surface area is 72.5 Å². The fourth-order valence-electron chi connectivity index (χ4n) is 1.93. The molecule has 12 heavy (non-hydrogen) atoms. The smallest absolute Gasteiger partial charge is 0.0938 e. The summed E-state index contributed by atoms with van der Waals surface area (Å²) in [7, 11) is 0. The molecule has 0 aliphatic carbocycles. The molecule has 2 heteroatoms. The van der Waals surface area contributed by atoms with Gasteiger partial charge in [0, 0.05) is 12.5 Å². The first-order valence-electron chi connectivity index (χ1n) is 4.36. The highest BCUT2D eigenvalue weighted by atomic mass is 16.5. The summed E-state index contributed by atoms with van der Waals surface area (Å²) in [6.07, 6.45) is 4.65. The van der Waals surface area contributed by atoms with Crippen molar-refractivity contribution in [1.29, 1.82) is 0 Å². The van der Waals surface area contributed by atoms with Crippen molar-refractivity contribution in [3.63, 3.8) is 0 Å². The number of rotatable bonds is 1. The van der Waals surface area contributed by atoms with Crippen molar-refractivity contribution in [3.8, 4) is 0 Å². The zero-order valence-corrected chi connectivity index (χ0v) is 7.54. The van der Waals surface area contributed by atoms with Gasteiger partial charge in [0.15, 0.2) is 0 Å². The highest BCUT2D eigenvalue weighted by molar-refractivity contribution is 5.18. The van der Waals surface area contributed by atoms with Gasteiger partial charge in [-0.15, -0.1) is 0 Å². The van der Waals surface area contributed by atoms with E-state index in [4.69, 9.17) is 9.15 Å². The minimum Gasteiger partial charge on any atom is -0.472 e. The maximum atomic E-state index is 5.64. The van der Waals surface area contributed by atoms with Crippen LogP contribution >= 0.6 is 0 Å². The topological polar surface area (TPSA) is 22.4 Å². The Kier molecular flexibility index (Phi) is 1.72. The molecule has 66 valence electrons. The van der Waals surface area contributed by atoms with Gasteiger partial charge in [0.1, 0.15) is 0 Å². The summed E-state index contributed by atoms with van der Waals surface area (Å²) in [6, 6.07) is 2.03. The lowest BCUT2D eigenvalue weighted by molar-refractivity contribution is 0.0270. The molecule has 2 rings (SSSR count). The van der Waals surface area contributed by atoms with E-state index in [-0.39, 0.29) is 5.60 Å². The summed E-state index contributed by atoms with van der Waals surface area (Å²) in [5.41, 5.74) is 1.24. The van der Waals surface area contributed by atoms with Crippen molar-refractivity contribution >= 4 is 0 Å². The van der Waals surface area contributed by atoms with Crippen LogP contribution in [0.15, 0.2) is 23.0 Å². The van der Waals surface area contributed by atoms with Gasteiger partial charge in [0.05, 0.1) is 18.1 Å². The summed E-state index contributed by atoms with van der Waals surface area (Å²) >= 11 is 0. The molecule has 2 heterocycles. The van der Waals surface area contributed by atoms with Crippen molar-refractivity contribution in [2.24, 2.45) is 0 Å². The van der Waals surface area contributed by atoms with E-state index in [2.05, 4.69) is 13.8 Å². The Morgan fingerprint density at radius 2 is 2.33 bits per heavy atom. The predicted octanol–water partition coefficient (Wildman–Crippen LogP) is 2.56. The quantitative estimate of drug-likeness (QED) is 0.639. The standard InChI is InChI=1S/C10H14O2/c1-10(2)9(4-6-12-10)8-3-5-11-7-8/h3,5,7,9H,4,6H2,1-2H3. The molecule has 1 aromatic rings. The van der Waals surface area contributed by atoms with Crippen molar-refractivity contribution in [2.45, 2.75) is 31.8 Å². The molecular weight excluding hydrogens is 152 g/mol. The Balaban J connectivity index is 2.25. The van der Waals surface area contributed by atoms with Gasteiger partial charge in [-0.1, -0.05) is 0 Å². The van der Waals surface area contributed by atoms with E-state index in [1.54, 1.807) is 6.26 Å². The van der Waals surface area contributed by atoms with E-state index in [0.29, 0.717) is 5.92 Å². The Bertz CT molecular complexity index is 249.